The molecule has 9 atom stereocenters. The van der Waals surface area contributed by atoms with E-state index in [2.05, 4.69) is 0 Å². The van der Waals surface area contributed by atoms with Gasteiger partial charge in [0.05, 0.1) is 57.8 Å². The van der Waals surface area contributed by atoms with Crippen LogP contribution in [-0.4, -0.2) is 109 Å². The zero-order chi connectivity index (χ0) is 47.5. The molecular formula is C45H72O18. The summed E-state index contributed by atoms with van der Waals surface area (Å²) < 4.78 is 49.6. The zero-order valence-electron chi connectivity index (χ0n) is 38.8. The van der Waals surface area contributed by atoms with Gasteiger partial charge in [0, 0.05) is 0 Å². The van der Waals surface area contributed by atoms with Crippen LogP contribution in [0.25, 0.3) is 0 Å². The van der Waals surface area contributed by atoms with E-state index < -0.39 is 109 Å². The molecule has 63 heavy (non-hydrogen) atoms. The van der Waals surface area contributed by atoms with Gasteiger partial charge in [0.2, 0.25) is 0 Å². The van der Waals surface area contributed by atoms with Crippen molar-refractivity contribution in [3.63, 3.8) is 0 Å². The fraction of sp³-hybridized carbons (Fsp3) is 0.800. The summed E-state index contributed by atoms with van der Waals surface area (Å²) in [5.74, 6) is -6.42. The molecule has 0 aromatic carbocycles. The van der Waals surface area contributed by atoms with Gasteiger partial charge in [-0.3, -0.25) is 43.2 Å². The Bertz CT molecular complexity index is 1060. The van der Waals surface area contributed by atoms with E-state index in [9.17, 15) is 43.2 Å². The van der Waals surface area contributed by atoms with Gasteiger partial charge in [0.15, 0.2) is 0 Å². The maximum atomic E-state index is 12.9. The van der Waals surface area contributed by atoms with Crippen molar-refractivity contribution in [1.29, 1.82) is 0 Å². The van der Waals surface area contributed by atoms with E-state index in [1.807, 2.05) is 0 Å². The molecule has 0 bridgehead atoms. The third-order valence-electron chi connectivity index (χ3n) is 10.3. The van der Waals surface area contributed by atoms with Crippen LogP contribution in [0.1, 0.15) is 178 Å². The SMILES string of the molecule is CCC1CC(=O)OC(CC)CC(=O)OC(CC)CC(=O)OC(CC)CC(=O)O[C@H](CC)CC(=O)O[C@H](CC)CC(=O)O[C@H](CC)CC(=O)OC(CC)CC(=O)OC(CC)CC(=O)O1. The maximum Gasteiger partial charge on any atom is 0.309 e. The minimum absolute atomic E-state index is 0.264. The van der Waals surface area contributed by atoms with Crippen LogP contribution < -0.4 is 0 Å². The molecule has 18 heteroatoms. The van der Waals surface area contributed by atoms with E-state index in [1.54, 1.807) is 62.3 Å². The molecule has 6 unspecified atom stereocenters. The lowest BCUT2D eigenvalue weighted by molar-refractivity contribution is -0.165. The molecule has 0 aliphatic carbocycles. The van der Waals surface area contributed by atoms with Crippen LogP contribution in [0.15, 0.2) is 0 Å². The van der Waals surface area contributed by atoms with E-state index in [0.717, 1.165) is 0 Å². The largest absolute Gasteiger partial charge is 0.462 e. The first-order valence-electron chi connectivity index (χ1n) is 22.7. The average molecular weight is 901 g/mol. The van der Waals surface area contributed by atoms with Crippen LogP contribution in [0, 0.1) is 0 Å². The lowest BCUT2D eigenvalue weighted by atomic mass is 10.1. The van der Waals surface area contributed by atoms with Crippen molar-refractivity contribution in [2.24, 2.45) is 0 Å². The third kappa shape index (κ3) is 24.0. The van der Waals surface area contributed by atoms with Crippen molar-refractivity contribution >= 4 is 53.7 Å². The van der Waals surface area contributed by atoms with Gasteiger partial charge in [0.1, 0.15) is 54.9 Å². The predicted molar refractivity (Wildman–Crippen MR) is 223 cm³/mol. The minimum Gasteiger partial charge on any atom is -0.462 e. The first kappa shape index (κ1) is 56.2. The van der Waals surface area contributed by atoms with Gasteiger partial charge in [-0.15, -0.1) is 0 Å². The summed E-state index contributed by atoms with van der Waals surface area (Å²) in [6, 6.07) is 0. The molecule has 1 rings (SSSR count). The van der Waals surface area contributed by atoms with Gasteiger partial charge in [0.25, 0.3) is 0 Å². The molecule has 0 saturated carbocycles. The second-order valence-electron chi connectivity index (χ2n) is 15.5. The summed E-state index contributed by atoms with van der Waals surface area (Å²) in [4.78, 5) is 116. The van der Waals surface area contributed by atoms with Crippen LogP contribution in [0.5, 0.6) is 0 Å². The highest BCUT2D eigenvalue weighted by Gasteiger charge is 2.30. The van der Waals surface area contributed by atoms with Crippen LogP contribution >= 0.6 is 0 Å². The number of esters is 9. The third-order valence-corrected chi connectivity index (χ3v) is 10.3. The Hall–Kier alpha value is -4.77. The van der Waals surface area contributed by atoms with Crippen molar-refractivity contribution in [1.82, 2.24) is 0 Å². The monoisotopic (exact) mass is 900 g/mol. The molecule has 0 N–H and O–H groups in total. The Kier molecular flexibility index (Phi) is 27.8. The Morgan fingerprint density at radius 2 is 0.302 bits per heavy atom. The highest BCUT2D eigenvalue weighted by molar-refractivity contribution is 5.77. The van der Waals surface area contributed by atoms with Gasteiger partial charge in [-0.2, -0.15) is 0 Å². The van der Waals surface area contributed by atoms with Crippen LogP contribution in [0.2, 0.25) is 0 Å². The smallest absolute Gasteiger partial charge is 0.309 e. The molecule has 1 fully saturated rings. The Morgan fingerprint density at radius 1 is 0.222 bits per heavy atom. The summed E-state index contributed by atoms with van der Waals surface area (Å²) in [6.07, 6.45) is -8.09. The molecule has 360 valence electrons. The number of hydrogen-bond donors (Lipinski definition) is 0. The van der Waals surface area contributed by atoms with Crippen molar-refractivity contribution < 1.29 is 85.8 Å². The van der Waals surface area contributed by atoms with Gasteiger partial charge in [-0.05, 0) is 57.8 Å². The summed E-state index contributed by atoms with van der Waals surface area (Å²) in [5.41, 5.74) is 0. The van der Waals surface area contributed by atoms with E-state index in [0.29, 0.717) is 0 Å². The lowest BCUT2D eigenvalue weighted by Crippen LogP contribution is -2.31. The van der Waals surface area contributed by atoms with E-state index in [1.165, 1.54) is 0 Å². The van der Waals surface area contributed by atoms with Crippen molar-refractivity contribution in [2.75, 3.05) is 0 Å². The quantitative estimate of drug-likeness (QED) is 0.180. The van der Waals surface area contributed by atoms with Gasteiger partial charge < -0.3 is 42.6 Å². The molecular weight excluding hydrogens is 828 g/mol. The van der Waals surface area contributed by atoms with E-state index in [-0.39, 0.29) is 116 Å². The van der Waals surface area contributed by atoms with Crippen molar-refractivity contribution in [2.45, 2.75) is 233 Å². The first-order valence-corrected chi connectivity index (χ1v) is 22.7. The van der Waals surface area contributed by atoms with Gasteiger partial charge in [-0.1, -0.05) is 62.3 Å². The fourth-order valence-corrected chi connectivity index (χ4v) is 6.20. The zero-order valence-corrected chi connectivity index (χ0v) is 38.8. The normalized spacial score (nSPS) is 28.7. The molecule has 18 nitrogen and oxygen atoms in total. The maximum absolute atomic E-state index is 12.9. The molecule has 1 heterocycles. The van der Waals surface area contributed by atoms with Crippen LogP contribution in [-0.2, 0) is 85.8 Å². The summed E-state index contributed by atoms with van der Waals surface area (Å²) in [7, 11) is 0. The predicted octanol–water partition coefficient (Wildman–Crippen LogP) is 6.41. The first-order chi connectivity index (χ1) is 29.9. The number of rotatable bonds is 9. The fourth-order valence-electron chi connectivity index (χ4n) is 6.20. The second kappa shape index (κ2) is 31.1. The second-order valence-corrected chi connectivity index (χ2v) is 15.5. The number of hydrogen-bond acceptors (Lipinski definition) is 18. The molecule has 1 aliphatic heterocycles. The topological polar surface area (TPSA) is 237 Å². The summed E-state index contributed by atoms with van der Waals surface area (Å²) >= 11 is 0. The minimum atomic E-state index is -0.863. The molecule has 0 radical (unpaired) electrons. The summed E-state index contributed by atoms with van der Waals surface area (Å²) in [6.45, 7) is 15.4. The molecule has 0 amide bonds. The van der Waals surface area contributed by atoms with Crippen molar-refractivity contribution in [3.8, 4) is 0 Å². The van der Waals surface area contributed by atoms with Crippen molar-refractivity contribution in [3.05, 3.63) is 0 Å². The summed E-state index contributed by atoms with van der Waals surface area (Å²) in [5, 5.41) is 0. The molecule has 1 aliphatic rings. The van der Waals surface area contributed by atoms with Gasteiger partial charge >= 0.3 is 53.7 Å². The van der Waals surface area contributed by atoms with E-state index >= 15 is 0 Å². The van der Waals surface area contributed by atoms with Crippen LogP contribution in [0.4, 0.5) is 0 Å². The highest BCUT2D eigenvalue weighted by atomic mass is 16.6. The average Bonchev–Trinajstić information content (AvgIpc) is 3.23. The number of ether oxygens (including phenoxy) is 9. The molecule has 1 saturated heterocycles. The Labute approximate surface area is 371 Å². The lowest BCUT2D eigenvalue weighted by Gasteiger charge is -2.23. The Balaban J connectivity index is 3.22. The van der Waals surface area contributed by atoms with Crippen LogP contribution in [0.3, 0.4) is 0 Å². The molecule has 0 spiro atoms. The van der Waals surface area contributed by atoms with E-state index in [4.69, 9.17) is 42.6 Å². The number of carbonyl (C=O) groups is 9. The highest BCUT2D eigenvalue weighted by Crippen LogP contribution is 2.19. The number of carbonyl (C=O) groups excluding carboxylic acids is 9. The van der Waals surface area contributed by atoms with Gasteiger partial charge in [-0.25, -0.2) is 0 Å². The molecule has 0 aromatic rings. The molecule has 0 aromatic heterocycles. The Morgan fingerprint density at radius 3 is 0.365 bits per heavy atom. The number of cyclic esters (lactones) is 9. The standard InChI is InChI=1S/C45H72O18/c1-10-28-19-37(46)56-30(12-3)21-39(48)58-32(14-5)23-41(50)60-34(16-7)25-43(52)62-36(18-9)27-45(54)63-35(17-8)26-44(53)61-33(15-6)24-42(51)59-31(13-4)22-40(49)57-29(11-2)20-38(47)55-28/h28-36H,10-27H2,1-9H3/t28-,29-,30-,31?,32?,33?,34?,35?,36?/m1/s1.